The van der Waals surface area contributed by atoms with Crippen LogP contribution in [-0.4, -0.2) is 93.5 Å². The van der Waals surface area contributed by atoms with Crippen molar-refractivity contribution in [3.8, 4) is 0 Å². The zero-order chi connectivity index (χ0) is 57.4. The molecule has 5 aliphatic rings. The molecule has 0 bridgehead atoms. The Morgan fingerprint density at radius 2 is 1.38 bits per heavy atom. The van der Waals surface area contributed by atoms with E-state index in [4.69, 9.17) is 29.4 Å². The van der Waals surface area contributed by atoms with Gasteiger partial charge < -0.3 is 34.3 Å². The molecule has 4 saturated carbocycles. The summed E-state index contributed by atoms with van der Waals surface area (Å²) >= 11 is 0. The zero-order valence-corrected chi connectivity index (χ0v) is 51.5. The van der Waals surface area contributed by atoms with Gasteiger partial charge in [0.25, 0.3) is 0 Å². The van der Waals surface area contributed by atoms with Crippen LogP contribution in [0.3, 0.4) is 0 Å². The van der Waals surface area contributed by atoms with Gasteiger partial charge in [-0.25, -0.2) is 0 Å². The summed E-state index contributed by atoms with van der Waals surface area (Å²) < 4.78 is 30.0. The van der Waals surface area contributed by atoms with E-state index in [2.05, 4.69) is 71.6 Å². The summed E-state index contributed by atoms with van der Waals surface area (Å²) in [7, 11) is 4.00. The molecule has 0 aromatic heterocycles. The van der Waals surface area contributed by atoms with E-state index in [0.29, 0.717) is 74.0 Å². The Morgan fingerprint density at radius 3 is 2.05 bits per heavy atom. The fourth-order valence-corrected chi connectivity index (χ4v) is 15.5. The molecule has 12 nitrogen and oxygen atoms in total. The quantitative estimate of drug-likeness (QED) is 0.0272. The molecular weight excluding hydrogens is 993 g/mol. The van der Waals surface area contributed by atoms with Gasteiger partial charge in [0.1, 0.15) is 12.2 Å². The second-order valence-corrected chi connectivity index (χ2v) is 26.7. The molecule has 0 aromatic carbocycles. The molecule has 0 aliphatic heterocycles. The minimum atomic E-state index is -0.396. The Bertz CT molecular complexity index is 1890. The summed E-state index contributed by atoms with van der Waals surface area (Å²) in [6.45, 7) is 17.4. The zero-order valence-electron chi connectivity index (χ0n) is 51.5. The molecule has 5 rings (SSSR count). The van der Waals surface area contributed by atoms with Crippen molar-refractivity contribution in [3.05, 3.63) is 23.8 Å². The molecule has 0 saturated heterocycles. The van der Waals surface area contributed by atoms with Crippen LogP contribution in [-0.2, 0) is 47.7 Å². The maximum Gasteiger partial charge on any atom is 0.306 e. The average Bonchev–Trinajstić information content (AvgIpc) is 4.06. The summed E-state index contributed by atoms with van der Waals surface area (Å²) in [6, 6.07) is 0.286. The van der Waals surface area contributed by atoms with Gasteiger partial charge in [-0.05, 0) is 188 Å². The lowest BCUT2D eigenvalue weighted by molar-refractivity contribution is -0.156. The van der Waals surface area contributed by atoms with Crippen molar-refractivity contribution in [1.82, 2.24) is 4.90 Å². The predicted octanol–water partition coefficient (Wildman–Crippen LogP) is 14.6. The first-order valence-electron chi connectivity index (χ1n) is 32.5. The van der Waals surface area contributed by atoms with E-state index in [1.165, 1.54) is 44.1 Å². The van der Waals surface area contributed by atoms with Crippen molar-refractivity contribution < 1.29 is 47.7 Å². The van der Waals surface area contributed by atoms with Crippen molar-refractivity contribution in [3.63, 3.8) is 0 Å². The summed E-state index contributed by atoms with van der Waals surface area (Å²) in [4.78, 5) is 67.8. The smallest absolute Gasteiger partial charge is 0.306 e. The van der Waals surface area contributed by atoms with E-state index in [9.17, 15) is 24.0 Å². The number of hydrogen-bond acceptors (Lipinski definition) is 12. The van der Waals surface area contributed by atoms with Gasteiger partial charge in [0.05, 0.1) is 19.8 Å². The van der Waals surface area contributed by atoms with Crippen LogP contribution < -0.4 is 5.73 Å². The third-order valence-corrected chi connectivity index (χ3v) is 20.1. The first-order chi connectivity index (χ1) is 37.9. The molecule has 0 aromatic rings. The fraction of sp³-hybridized carbons (Fsp3) is 0.866. The Kier molecular flexibility index (Phi) is 29.0. The molecule has 0 heterocycles. The third-order valence-electron chi connectivity index (χ3n) is 20.1. The van der Waals surface area contributed by atoms with Gasteiger partial charge in [0, 0.05) is 56.4 Å². The first kappa shape index (κ1) is 66.5. The molecule has 12 atom stereocenters. The SMILES string of the molecule is CC/C=C\CC1C(CC(=O)OCCC(OC(=O)CCCCC(COC(=O)CCCCC)COC(=O)CCCCC)C2CC[C@@]3(C)C(=CC[C@H]4[C@@H]5CC[C@H]([C@H](N)CCCC(C)C)[C@@]5(C)CC[C@@H]43)C2)CCC1OC(=O)CCCN(C)C. The van der Waals surface area contributed by atoms with E-state index in [0.717, 1.165) is 115 Å². The number of esters is 5. The predicted molar refractivity (Wildman–Crippen MR) is 316 cm³/mol. The van der Waals surface area contributed by atoms with Crippen LogP contribution in [0.1, 0.15) is 248 Å². The summed E-state index contributed by atoms with van der Waals surface area (Å²) in [6.07, 6.45) is 32.6. The number of ether oxygens (including phenoxy) is 5. The van der Waals surface area contributed by atoms with Crippen molar-refractivity contribution in [2.75, 3.05) is 40.5 Å². The Labute approximate surface area is 480 Å². The lowest BCUT2D eigenvalue weighted by Crippen LogP contribution is -2.52. The van der Waals surface area contributed by atoms with Gasteiger partial charge in [-0.2, -0.15) is 0 Å². The van der Waals surface area contributed by atoms with Gasteiger partial charge in [0.15, 0.2) is 0 Å². The molecule has 2 N–H and O–H groups in total. The van der Waals surface area contributed by atoms with Crippen molar-refractivity contribution in [2.24, 2.45) is 69.8 Å². The van der Waals surface area contributed by atoms with Crippen molar-refractivity contribution >= 4 is 29.8 Å². The van der Waals surface area contributed by atoms with Gasteiger partial charge in [-0.3, -0.25) is 24.0 Å². The lowest BCUT2D eigenvalue weighted by Gasteiger charge is -2.59. The van der Waals surface area contributed by atoms with Crippen molar-refractivity contribution in [2.45, 2.75) is 266 Å². The standard InChI is InChI=1S/C67H114N2O10/c1-10-13-16-25-53-50(31-36-60(53)79-64(73)30-22-42-69(8)9)45-65(74)75-43-39-59(78-63(72)29-20-19-24-49(46-76-61(70)27-17-14-11-2)47-77-62(71)28-18-15-12-3)51-37-40-66(6)52(44-51)32-33-54-55-34-35-57(58(68)26-21-23-48(4)5)67(55,7)41-38-56(54)66/h13,16,32,48-51,53-60H,10-12,14-15,17-31,33-47,68H2,1-9H3/b16-13-/t50?,51?,53?,54-,55-,56-,57+,58+,59?,60?,66-,67-/m0/s1. The highest BCUT2D eigenvalue weighted by Crippen LogP contribution is 2.67. The molecule has 452 valence electrons. The first-order valence-corrected chi connectivity index (χ1v) is 32.5. The lowest BCUT2D eigenvalue weighted by atomic mass is 9.46. The molecule has 79 heavy (non-hydrogen) atoms. The average molecular weight is 1110 g/mol. The van der Waals surface area contributed by atoms with Crippen LogP contribution in [0.25, 0.3) is 0 Å². The highest BCUT2D eigenvalue weighted by atomic mass is 16.6. The van der Waals surface area contributed by atoms with Crippen LogP contribution in [0.4, 0.5) is 0 Å². The van der Waals surface area contributed by atoms with E-state index in [1.807, 2.05) is 14.1 Å². The summed E-state index contributed by atoms with van der Waals surface area (Å²) in [5, 5.41) is 0. The highest BCUT2D eigenvalue weighted by Gasteiger charge is 2.59. The topological polar surface area (TPSA) is 161 Å². The van der Waals surface area contributed by atoms with Crippen LogP contribution >= 0.6 is 0 Å². The second-order valence-electron chi connectivity index (χ2n) is 26.7. The second kappa shape index (κ2) is 34.4. The monoisotopic (exact) mass is 1110 g/mol. The molecule has 4 fully saturated rings. The Balaban J connectivity index is 1.23. The number of nitrogens with two attached hydrogens (primary N) is 1. The molecule has 5 unspecified atom stereocenters. The minimum absolute atomic E-state index is 0.0507. The third kappa shape index (κ3) is 20.8. The van der Waals surface area contributed by atoms with E-state index >= 15 is 0 Å². The fourth-order valence-electron chi connectivity index (χ4n) is 15.5. The number of allylic oxidation sites excluding steroid dienone is 4. The molecule has 12 heteroatoms. The molecule has 0 amide bonds. The van der Waals surface area contributed by atoms with E-state index < -0.39 is 6.10 Å². The molecular formula is C67H114N2O10. The van der Waals surface area contributed by atoms with Gasteiger partial charge in [-0.15, -0.1) is 0 Å². The molecule has 0 spiro atoms. The maximum atomic E-state index is 14.0. The highest BCUT2D eigenvalue weighted by molar-refractivity contribution is 5.71. The minimum Gasteiger partial charge on any atom is -0.466 e. The number of carbonyl (C=O) groups excluding carboxylic acids is 5. The van der Waals surface area contributed by atoms with Crippen LogP contribution in [0, 0.1) is 64.1 Å². The normalized spacial score (nSPS) is 28.2. The number of hydrogen-bond donors (Lipinski definition) is 1. The largest absolute Gasteiger partial charge is 0.466 e. The number of carbonyl (C=O) groups is 5. The number of fused-ring (bicyclic) bond motifs is 5. The maximum absolute atomic E-state index is 14.0. The van der Waals surface area contributed by atoms with Crippen molar-refractivity contribution in [1.29, 1.82) is 0 Å². The molecule has 0 radical (unpaired) electrons. The number of unbranched alkanes of at least 4 members (excludes halogenated alkanes) is 5. The van der Waals surface area contributed by atoms with Gasteiger partial charge >= 0.3 is 29.8 Å². The van der Waals surface area contributed by atoms with Gasteiger partial charge in [0.2, 0.25) is 0 Å². The Hall–Kier alpha value is -3.25. The summed E-state index contributed by atoms with van der Waals surface area (Å²) in [5.41, 5.74) is 9.04. The van der Waals surface area contributed by atoms with Crippen LogP contribution in [0.5, 0.6) is 0 Å². The van der Waals surface area contributed by atoms with Crippen LogP contribution in [0.15, 0.2) is 23.8 Å². The number of rotatable bonds is 37. The van der Waals surface area contributed by atoms with E-state index in [-0.39, 0.29) is 104 Å². The van der Waals surface area contributed by atoms with Gasteiger partial charge in [-0.1, -0.05) is 117 Å². The van der Waals surface area contributed by atoms with E-state index in [1.54, 1.807) is 0 Å². The number of nitrogens with zero attached hydrogens (tertiary/aromatic N) is 1. The Morgan fingerprint density at radius 1 is 0.696 bits per heavy atom. The molecule has 5 aliphatic carbocycles. The van der Waals surface area contributed by atoms with Crippen LogP contribution in [0.2, 0.25) is 0 Å². The summed E-state index contributed by atoms with van der Waals surface area (Å²) in [5.74, 6) is 2.31.